The second-order valence-electron chi connectivity index (χ2n) is 4.75. The normalized spacial score (nSPS) is 11.4. The molecule has 1 aromatic heterocycles. The van der Waals surface area contributed by atoms with E-state index in [1.165, 1.54) is 12.1 Å². The number of sulfonamides is 1. The van der Waals surface area contributed by atoms with Gasteiger partial charge in [0.25, 0.3) is 10.0 Å². The number of hydrogen-bond donors (Lipinski definition) is 2. The quantitative estimate of drug-likeness (QED) is 0.862. The smallest absolute Gasteiger partial charge is 0.250 e. The number of amides is 1. The Labute approximate surface area is 138 Å². The van der Waals surface area contributed by atoms with Crippen LogP contribution >= 0.6 is 22.9 Å². The third kappa shape index (κ3) is 4.30. The monoisotopic (exact) mass is 358 g/mol. The van der Waals surface area contributed by atoms with Crippen LogP contribution in [0.25, 0.3) is 0 Å². The van der Waals surface area contributed by atoms with E-state index in [4.69, 9.17) is 11.6 Å². The summed E-state index contributed by atoms with van der Waals surface area (Å²) in [5.74, 6) is -0.431. The first-order chi connectivity index (χ1) is 10.3. The molecule has 0 bridgehead atoms. The van der Waals surface area contributed by atoms with Crippen LogP contribution in [0.1, 0.15) is 11.1 Å². The van der Waals surface area contributed by atoms with Crippen LogP contribution in [0, 0.1) is 13.8 Å². The second-order valence-corrected chi connectivity index (χ2v) is 8.46. The van der Waals surface area contributed by atoms with Crippen LogP contribution in [0.15, 0.2) is 34.5 Å². The van der Waals surface area contributed by atoms with Gasteiger partial charge in [0.05, 0.1) is 10.9 Å². The molecule has 5 nitrogen and oxygen atoms in total. The van der Waals surface area contributed by atoms with Crippen molar-refractivity contribution in [3.05, 3.63) is 45.8 Å². The number of hydrogen-bond acceptors (Lipinski definition) is 4. The average molecular weight is 359 g/mol. The van der Waals surface area contributed by atoms with Crippen LogP contribution in [-0.4, -0.2) is 20.9 Å². The molecule has 22 heavy (non-hydrogen) atoms. The van der Waals surface area contributed by atoms with Gasteiger partial charge in [0.1, 0.15) is 4.21 Å². The number of carbonyl (C=O) groups is 1. The number of carbonyl (C=O) groups excluding carboxylic acids is 1. The highest BCUT2D eigenvalue weighted by Crippen LogP contribution is 2.25. The lowest BCUT2D eigenvalue weighted by Gasteiger charge is -2.10. The van der Waals surface area contributed by atoms with E-state index >= 15 is 0 Å². The maximum absolute atomic E-state index is 12.0. The Morgan fingerprint density at radius 1 is 1.23 bits per heavy atom. The van der Waals surface area contributed by atoms with Gasteiger partial charge in [0.15, 0.2) is 0 Å². The summed E-state index contributed by atoms with van der Waals surface area (Å²) in [4.78, 5) is 11.9. The van der Waals surface area contributed by atoms with E-state index in [1.54, 1.807) is 0 Å². The molecule has 0 saturated heterocycles. The third-order valence-corrected chi connectivity index (χ3v) is 6.03. The zero-order valence-corrected chi connectivity index (χ0v) is 14.4. The fourth-order valence-corrected chi connectivity index (χ4v) is 4.25. The molecular formula is C14H15ClN2O3S2. The molecule has 2 rings (SSSR count). The lowest BCUT2D eigenvalue weighted by molar-refractivity contribution is -0.115. The van der Waals surface area contributed by atoms with Crippen LogP contribution in [0.3, 0.4) is 0 Å². The van der Waals surface area contributed by atoms with Gasteiger partial charge in [-0.1, -0.05) is 23.7 Å². The number of anilines is 1. The van der Waals surface area contributed by atoms with Gasteiger partial charge in [-0.3, -0.25) is 4.79 Å². The molecule has 1 heterocycles. The Morgan fingerprint density at radius 2 is 1.95 bits per heavy atom. The molecule has 0 radical (unpaired) electrons. The minimum absolute atomic E-state index is 0.0806. The fourth-order valence-electron chi connectivity index (χ4n) is 1.74. The Morgan fingerprint density at radius 3 is 2.59 bits per heavy atom. The molecule has 1 aromatic carbocycles. The van der Waals surface area contributed by atoms with Crippen molar-refractivity contribution in [3.8, 4) is 0 Å². The van der Waals surface area contributed by atoms with Crippen molar-refractivity contribution in [1.82, 2.24) is 4.72 Å². The maximum atomic E-state index is 12.0. The predicted molar refractivity (Wildman–Crippen MR) is 89.1 cm³/mol. The van der Waals surface area contributed by atoms with E-state index in [-0.39, 0.29) is 10.8 Å². The second kappa shape index (κ2) is 6.78. The van der Waals surface area contributed by atoms with Crippen LogP contribution < -0.4 is 10.0 Å². The lowest BCUT2D eigenvalue weighted by Crippen LogP contribution is -2.32. The molecule has 2 aromatic rings. The van der Waals surface area contributed by atoms with Gasteiger partial charge in [-0.05, 0) is 43.2 Å². The van der Waals surface area contributed by atoms with Crippen molar-refractivity contribution in [2.24, 2.45) is 0 Å². The molecule has 0 spiro atoms. The van der Waals surface area contributed by atoms with Crippen molar-refractivity contribution in [3.63, 3.8) is 0 Å². The van der Waals surface area contributed by atoms with Gasteiger partial charge in [-0.25, -0.2) is 13.1 Å². The zero-order chi connectivity index (χ0) is 16.3. The molecule has 0 aliphatic heterocycles. The molecule has 0 aliphatic rings. The molecule has 0 fully saturated rings. The summed E-state index contributed by atoms with van der Waals surface area (Å²) in [6, 6.07) is 8.56. The number of thiophene rings is 1. The van der Waals surface area contributed by atoms with E-state index in [2.05, 4.69) is 10.0 Å². The van der Waals surface area contributed by atoms with Crippen molar-refractivity contribution in [1.29, 1.82) is 0 Å². The molecule has 0 unspecified atom stereocenters. The first-order valence-electron chi connectivity index (χ1n) is 6.40. The van der Waals surface area contributed by atoms with Gasteiger partial charge in [0.2, 0.25) is 5.91 Å². The van der Waals surface area contributed by atoms with Gasteiger partial charge < -0.3 is 5.32 Å². The van der Waals surface area contributed by atoms with Gasteiger partial charge in [-0.2, -0.15) is 0 Å². The van der Waals surface area contributed by atoms with Gasteiger partial charge in [0, 0.05) is 5.69 Å². The van der Waals surface area contributed by atoms with Gasteiger partial charge in [-0.15, -0.1) is 11.3 Å². The maximum Gasteiger partial charge on any atom is 0.250 e. The fraction of sp³-hybridized carbons (Fsp3) is 0.214. The Kier molecular flexibility index (Phi) is 5.23. The van der Waals surface area contributed by atoms with Crippen molar-refractivity contribution < 1.29 is 13.2 Å². The summed E-state index contributed by atoms with van der Waals surface area (Å²) in [5, 5.41) is 2.69. The highest BCUT2D eigenvalue weighted by atomic mass is 35.5. The van der Waals surface area contributed by atoms with Crippen LogP contribution in [0.5, 0.6) is 0 Å². The summed E-state index contributed by atoms with van der Waals surface area (Å²) in [6.45, 7) is 3.44. The Balaban J connectivity index is 1.99. The Bertz CT molecular complexity index is 800. The zero-order valence-electron chi connectivity index (χ0n) is 12.0. The lowest BCUT2D eigenvalue weighted by atomic mass is 10.1. The molecule has 8 heteroatoms. The first-order valence-corrected chi connectivity index (χ1v) is 9.08. The molecule has 118 valence electrons. The number of halogens is 1. The average Bonchev–Trinajstić information content (AvgIpc) is 2.88. The predicted octanol–water partition coefficient (Wildman–Crippen LogP) is 2.94. The van der Waals surface area contributed by atoms with Crippen molar-refractivity contribution in [2.45, 2.75) is 18.1 Å². The van der Waals surface area contributed by atoms with Crippen molar-refractivity contribution in [2.75, 3.05) is 11.9 Å². The summed E-state index contributed by atoms with van der Waals surface area (Å²) >= 11 is 6.65. The third-order valence-electron chi connectivity index (χ3n) is 2.90. The summed E-state index contributed by atoms with van der Waals surface area (Å²) in [7, 11) is -3.72. The number of aryl methyl sites for hydroxylation is 2. The SMILES string of the molecule is Cc1ccc(C)c(NC(=O)CNS(=O)(=O)c2ccc(Cl)s2)c1. The van der Waals surface area contributed by atoms with E-state index in [1.807, 2.05) is 32.0 Å². The van der Waals surface area contributed by atoms with Crippen LogP contribution in [-0.2, 0) is 14.8 Å². The molecule has 0 aliphatic carbocycles. The van der Waals surface area contributed by atoms with Crippen LogP contribution in [0.4, 0.5) is 5.69 Å². The Hall–Kier alpha value is -1.41. The number of nitrogens with one attached hydrogen (secondary N) is 2. The minimum Gasteiger partial charge on any atom is -0.325 e. The number of benzene rings is 1. The largest absolute Gasteiger partial charge is 0.325 e. The summed E-state index contributed by atoms with van der Waals surface area (Å²) in [6.07, 6.45) is 0. The summed E-state index contributed by atoms with van der Waals surface area (Å²) < 4.78 is 26.7. The first kappa shape index (κ1) is 17.0. The minimum atomic E-state index is -3.72. The molecule has 0 saturated carbocycles. The molecular weight excluding hydrogens is 344 g/mol. The summed E-state index contributed by atoms with van der Waals surface area (Å²) in [5.41, 5.74) is 2.59. The molecule has 0 atom stereocenters. The molecule has 1 amide bonds. The van der Waals surface area contributed by atoms with Crippen LogP contribution in [0.2, 0.25) is 4.34 Å². The number of rotatable bonds is 5. The van der Waals surface area contributed by atoms with Gasteiger partial charge >= 0.3 is 0 Å². The van der Waals surface area contributed by atoms with E-state index in [9.17, 15) is 13.2 Å². The van der Waals surface area contributed by atoms with E-state index in [0.29, 0.717) is 10.0 Å². The standard InChI is InChI=1S/C14H15ClN2O3S2/c1-9-3-4-10(2)11(7-9)17-13(18)8-16-22(19,20)14-6-5-12(15)21-14/h3-7,16H,8H2,1-2H3,(H,17,18). The topological polar surface area (TPSA) is 75.3 Å². The molecule has 2 N–H and O–H groups in total. The highest BCUT2D eigenvalue weighted by molar-refractivity contribution is 7.91. The van der Waals surface area contributed by atoms with E-state index in [0.717, 1.165) is 22.5 Å². The highest BCUT2D eigenvalue weighted by Gasteiger charge is 2.18. The van der Waals surface area contributed by atoms with Crippen molar-refractivity contribution >= 4 is 44.6 Å². The van der Waals surface area contributed by atoms with E-state index < -0.39 is 15.9 Å².